The van der Waals surface area contributed by atoms with E-state index in [9.17, 15) is 4.79 Å². The van der Waals surface area contributed by atoms with Crippen LogP contribution in [0.25, 0.3) is 0 Å². The third kappa shape index (κ3) is 3.30. The fourth-order valence-electron chi connectivity index (χ4n) is 1.49. The van der Waals surface area contributed by atoms with Gasteiger partial charge in [-0.1, -0.05) is 34.6 Å². The molecule has 1 aromatic rings. The number of aromatic amines is 1. The first-order valence-corrected chi connectivity index (χ1v) is 6.59. The van der Waals surface area contributed by atoms with Gasteiger partial charge in [0, 0.05) is 11.8 Å². The maximum Gasteiger partial charge on any atom is 0.264 e. The molecule has 0 aliphatic rings. The van der Waals surface area contributed by atoms with Gasteiger partial charge in [0.15, 0.2) is 0 Å². The number of hydrogen-bond donors (Lipinski definition) is 1. The highest BCUT2D eigenvalue weighted by Crippen LogP contribution is 2.23. The molecule has 3 nitrogen and oxygen atoms in total. The van der Waals surface area contributed by atoms with Gasteiger partial charge in [-0.3, -0.25) is 4.79 Å². The van der Waals surface area contributed by atoms with Crippen molar-refractivity contribution in [3.63, 3.8) is 0 Å². The lowest BCUT2D eigenvalue weighted by atomic mass is 9.92. The summed E-state index contributed by atoms with van der Waals surface area (Å²) in [5, 5.41) is 0. The lowest BCUT2D eigenvalue weighted by Crippen LogP contribution is -2.26. The molecule has 1 rings (SSSR count). The van der Waals surface area contributed by atoms with E-state index in [2.05, 4.69) is 67.2 Å². The lowest BCUT2D eigenvalue weighted by Gasteiger charge is -2.20. The smallest absolute Gasteiger partial charge is 0.264 e. The Hall–Kier alpha value is -0.390. The van der Waals surface area contributed by atoms with Gasteiger partial charge in [-0.25, -0.2) is 4.98 Å². The van der Waals surface area contributed by atoms with Crippen molar-refractivity contribution in [2.24, 2.45) is 5.92 Å². The van der Waals surface area contributed by atoms with Crippen molar-refractivity contribution in [1.82, 2.24) is 9.97 Å². The van der Waals surface area contributed by atoms with Crippen LogP contribution in [0.5, 0.6) is 0 Å². The van der Waals surface area contributed by atoms with Crippen LogP contribution < -0.4 is 5.56 Å². The van der Waals surface area contributed by atoms with E-state index < -0.39 is 0 Å². The van der Waals surface area contributed by atoms with Gasteiger partial charge in [0.1, 0.15) is 9.39 Å². The second kappa shape index (κ2) is 4.85. The SMILES string of the molecule is CC(C)Cc1nc(C(C)(C)C)c(I)c(=O)[nH]1. The molecule has 0 spiro atoms. The fraction of sp³-hybridized carbons (Fsp3) is 0.667. The Morgan fingerprint density at radius 3 is 2.38 bits per heavy atom. The molecule has 16 heavy (non-hydrogen) atoms. The molecular formula is C12H19IN2O. The molecule has 4 heteroatoms. The van der Waals surface area contributed by atoms with Crippen LogP contribution in [0.2, 0.25) is 0 Å². The molecule has 0 atom stereocenters. The van der Waals surface area contributed by atoms with Crippen molar-refractivity contribution >= 4 is 22.6 Å². The summed E-state index contributed by atoms with van der Waals surface area (Å²) >= 11 is 2.07. The van der Waals surface area contributed by atoms with Crippen molar-refractivity contribution < 1.29 is 0 Å². The number of halogens is 1. The summed E-state index contributed by atoms with van der Waals surface area (Å²) in [6, 6.07) is 0. The molecule has 0 aromatic carbocycles. The Morgan fingerprint density at radius 2 is 1.94 bits per heavy atom. The van der Waals surface area contributed by atoms with Crippen molar-refractivity contribution in [2.45, 2.75) is 46.5 Å². The summed E-state index contributed by atoms with van der Waals surface area (Å²) in [5.74, 6) is 1.29. The third-order valence-electron chi connectivity index (χ3n) is 2.22. The van der Waals surface area contributed by atoms with Crippen LogP contribution >= 0.6 is 22.6 Å². The Kier molecular flexibility index (Phi) is 4.15. The number of H-pyrrole nitrogens is 1. The van der Waals surface area contributed by atoms with E-state index in [0.717, 1.165) is 17.9 Å². The molecule has 0 amide bonds. The van der Waals surface area contributed by atoms with E-state index in [-0.39, 0.29) is 11.0 Å². The zero-order chi connectivity index (χ0) is 12.5. The van der Waals surface area contributed by atoms with Crippen LogP contribution in [0.1, 0.15) is 46.1 Å². The molecule has 0 saturated carbocycles. The minimum Gasteiger partial charge on any atom is -0.310 e. The number of aromatic nitrogens is 2. The molecule has 0 aliphatic heterocycles. The second-order valence-electron chi connectivity index (χ2n) is 5.52. The molecule has 0 fully saturated rings. The first-order chi connectivity index (χ1) is 7.21. The highest BCUT2D eigenvalue weighted by molar-refractivity contribution is 14.1. The maximum atomic E-state index is 11.8. The topological polar surface area (TPSA) is 45.8 Å². The van der Waals surface area contributed by atoms with Crippen molar-refractivity contribution in [2.75, 3.05) is 0 Å². The Balaban J connectivity index is 3.28. The molecule has 1 aromatic heterocycles. The predicted molar refractivity (Wildman–Crippen MR) is 74.8 cm³/mol. The maximum absolute atomic E-state index is 11.8. The van der Waals surface area contributed by atoms with Crippen LogP contribution in [-0.2, 0) is 11.8 Å². The van der Waals surface area contributed by atoms with E-state index in [1.165, 1.54) is 0 Å². The van der Waals surface area contributed by atoms with E-state index in [1.807, 2.05) is 0 Å². The number of nitrogens with zero attached hydrogens (tertiary/aromatic N) is 1. The zero-order valence-electron chi connectivity index (χ0n) is 10.5. The van der Waals surface area contributed by atoms with E-state index in [4.69, 9.17) is 0 Å². The minimum atomic E-state index is -0.0868. The minimum absolute atomic E-state index is 0.0174. The fourth-order valence-corrected chi connectivity index (χ4v) is 2.55. The predicted octanol–water partition coefficient (Wildman–Crippen LogP) is 2.87. The Labute approximate surface area is 110 Å². The standard InChI is InChI=1S/C12H19IN2O/c1-7(2)6-8-14-10(12(3,4)5)9(13)11(16)15-8/h7H,6H2,1-5H3,(H,14,15,16). The van der Waals surface area contributed by atoms with E-state index >= 15 is 0 Å². The molecule has 90 valence electrons. The van der Waals surface area contributed by atoms with Crippen LogP contribution in [0, 0.1) is 9.49 Å². The largest absolute Gasteiger partial charge is 0.310 e. The zero-order valence-corrected chi connectivity index (χ0v) is 12.7. The van der Waals surface area contributed by atoms with Crippen molar-refractivity contribution in [3.05, 3.63) is 25.4 Å². The molecule has 0 bridgehead atoms. The second-order valence-corrected chi connectivity index (χ2v) is 6.60. The quantitative estimate of drug-likeness (QED) is 0.846. The Morgan fingerprint density at radius 1 is 1.38 bits per heavy atom. The van der Waals surface area contributed by atoms with Gasteiger partial charge in [-0.15, -0.1) is 0 Å². The van der Waals surface area contributed by atoms with Gasteiger partial charge in [-0.2, -0.15) is 0 Å². The molecule has 0 saturated heterocycles. The van der Waals surface area contributed by atoms with Crippen LogP contribution in [-0.4, -0.2) is 9.97 Å². The number of rotatable bonds is 2. The lowest BCUT2D eigenvalue weighted by molar-refractivity contribution is 0.544. The molecule has 1 N–H and O–H groups in total. The monoisotopic (exact) mass is 334 g/mol. The molecule has 0 radical (unpaired) electrons. The number of hydrogen-bond acceptors (Lipinski definition) is 2. The average Bonchev–Trinajstić information content (AvgIpc) is 2.08. The summed E-state index contributed by atoms with van der Waals surface area (Å²) in [4.78, 5) is 19.2. The molecule has 0 unspecified atom stereocenters. The van der Waals surface area contributed by atoms with Gasteiger partial charge in [0.2, 0.25) is 0 Å². The van der Waals surface area contributed by atoms with Crippen molar-refractivity contribution in [1.29, 1.82) is 0 Å². The first kappa shape index (κ1) is 13.7. The van der Waals surface area contributed by atoms with Gasteiger partial charge in [0.25, 0.3) is 5.56 Å². The highest BCUT2D eigenvalue weighted by Gasteiger charge is 2.21. The molecular weight excluding hydrogens is 315 g/mol. The van der Waals surface area contributed by atoms with Gasteiger partial charge in [0.05, 0.1) is 5.69 Å². The van der Waals surface area contributed by atoms with Crippen LogP contribution in [0.3, 0.4) is 0 Å². The van der Waals surface area contributed by atoms with Gasteiger partial charge >= 0.3 is 0 Å². The van der Waals surface area contributed by atoms with E-state index in [0.29, 0.717) is 9.49 Å². The molecule has 1 heterocycles. The third-order valence-corrected chi connectivity index (χ3v) is 3.22. The van der Waals surface area contributed by atoms with Crippen LogP contribution in [0.15, 0.2) is 4.79 Å². The Bertz CT molecular complexity index is 430. The summed E-state index contributed by atoms with van der Waals surface area (Å²) in [5.41, 5.74) is 0.792. The first-order valence-electron chi connectivity index (χ1n) is 5.51. The summed E-state index contributed by atoms with van der Waals surface area (Å²) < 4.78 is 0.706. The highest BCUT2D eigenvalue weighted by atomic mass is 127. The van der Waals surface area contributed by atoms with E-state index in [1.54, 1.807) is 0 Å². The normalized spacial score (nSPS) is 12.2. The van der Waals surface area contributed by atoms with Crippen molar-refractivity contribution in [3.8, 4) is 0 Å². The molecule has 0 aliphatic carbocycles. The summed E-state index contributed by atoms with van der Waals surface area (Å²) in [7, 11) is 0. The van der Waals surface area contributed by atoms with Gasteiger partial charge in [-0.05, 0) is 28.5 Å². The summed E-state index contributed by atoms with van der Waals surface area (Å²) in [6.45, 7) is 10.5. The summed E-state index contributed by atoms with van der Waals surface area (Å²) in [6.07, 6.45) is 0.815. The number of nitrogens with one attached hydrogen (secondary N) is 1. The average molecular weight is 334 g/mol. The van der Waals surface area contributed by atoms with Gasteiger partial charge < -0.3 is 4.98 Å². The van der Waals surface area contributed by atoms with Crippen LogP contribution in [0.4, 0.5) is 0 Å².